The number of amides is 3. The highest BCUT2D eigenvalue weighted by atomic mass is 16.5. The lowest BCUT2D eigenvalue weighted by molar-refractivity contribution is -0.139. The van der Waals surface area contributed by atoms with Gasteiger partial charge in [-0.2, -0.15) is 5.26 Å². The highest BCUT2D eigenvalue weighted by molar-refractivity contribution is 6.25. The van der Waals surface area contributed by atoms with Gasteiger partial charge in [0, 0.05) is 25.5 Å². The number of fused-ring (bicyclic) bond motifs is 3. The van der Waals surface area contributed by atoms with Crippen molar-refractivity contribution < 1.29 is 39.2 Å². The van der Waals surface area contributed by atoms with E-state index in [0.717, 1.165) is 0 Å². The number of benzene rings is 2. The number of phenols is 1. The van der Waals surface area contributed by atoms with Crippen LogP contribution in [0.1, 0.15) is 17.5 Å². The Kier molecular flexibility index (Phi) is 7.91. The molecule has 0 heterocycles. The Hall–Kier alpha value is -5.63. The van der Waals surface area contributed by atoms with Crippen molar-refractivity contribution >= 4 is 46.3 Å². The van der Waals surface area contributed by atoms with Crippen LogP contribution in [0.2, 0.25) is 0 Å². The van der Waals surface area contributed by atoms with Gasteiger partial charge in [0.25, 0.3) is 5.91 Å². The van der Waals surface area contributed by atoms with Crippen molar-refractivity contribution in [2.75, 3.05) is 50.8 Å². The van der Waals surface area contributed by atoms with Crippen LogP contribution < -0.4 is 37.5 Å². The van der Waals surface area contributed by atoms with Gasteiger partial charge in [-0.15, -0.1) is 0 Å². The van der Waals surface area contributed by atoms with Crippen LogP contribution in [0.25, 0.3) is 5.76 Å². The molecule has 5 rings (SSSR count). The minimum absolute atomic E-state index is 0.152. The van der Waals surface area contributed by atoms with E-state index >= 15 is 0 Å². The van der Waals surface area contributed by atoms with Gasteiger partial charge in [-0.3, -0.25) is 19.3 Å². The first kappa shape index (κ1) is 33.7. The highest BCUT2D eigenvalue weighted by Gasteiger charge is 2.74. The van der Waals surface area contributed by atoms with Crippen LogP contribution in [-0.2, 0) is 20.8 Å². The number of nitrogens with zero attached hydrogens (tertiary/aromatic N) is 3. The molecule has 3 aliphatic rings. The lowest BCUT2D eigenvalue weighted by atomic mass is 9.47. The number of anilines is 3. The molecule has 2 aromatic carbocycles. The monoisotopic (exact) mass is 660 g/mol. The predicted molar refractivity (Wildman–Crippen MR) is 174 cm³/mol. The number of aliphatic hydroxyl groups is 2. The molecule has 0 spiro atoms. The van der Waals surface area contributed by atoms with Gasteiger partial charge in [0.05, 0.1) is 47.1 Å². The lowest BCUT2D eigenvalue weighted by Crippen LogP contribution is -2.80. The topological polar surface area (TPSA) is 271 Å². The number of nitriles is 1. The van der Waals surface area contributed by atoms with E-state index in [1.54, 1.807) is 49.3 Å². The number of Topliss-reactive ketones (excluding diaryl/α,β-unsaturated/α-hetero) is 2. The summed E-state index contributed by atoms with van der Waals surface area (Å²) in [5, 5.41) is 50.5. The van der Waals surface area contributed by atoms with Crippen LogP contribution in [0.5, 0.6) is 11.5 Å². The molecule has 2 aromatic rings. The van der Waals surface area contributed by atoms with E-state index < -0.39 is 80.9 Å². The minimum atomic E-state index is -2.79. The van der Waals surface area contributed by atoms with Crippen LogP contribution in [0.3, 0.4) is 0 Å². The summed E-state index contributed by atoms with van der Waals surface area (Å²) in [6, 6.07) is 7.37. The van der Waals surface area contributed by atoms with Gasteiger partial charge in [-0.05, 0) is 62.8 Å². The van der Waals surface area contributed by atoms with Crippen molar-refractivity contribution in [1.82, 2.24) is 4.90 Å². The standard InChI is InChI=1S/C32H36N8O8/c1-39(2)18-10-17(38-29(47)37-14-6-8-15(48-5)9-7-14)22(41)19-16(18)11-30(35)12-32(36)25(40(3)4)24(43)20(28(34)46)26(44)31(32,13-33)27(45)21(30)23(19)42/h6-10,25,41-42,44H,11-12,35-36H2,1-5H3,(H2,34,46)(H2,37,38,47)/t25-,30-,31+,32-/m1/s1. The van der Waals surface area contributed by atoms with E-state index in [0.29, 0.717) is 17.1 Å². The summed E-state index contributed by atoms with van der Waals surface area (Å²) in [5.41, 5.74) is 11.5. The van der Waals surface area contributed by atoms with E-state index in [2.05, 4.69) is 10.6 Å². The number of primary amides is 1. The molecule has 0 unspecified atom stereocenters. The van der Waals surface area contributed by atoms with Gasteiger partial charge in [-0.1, -0.05) is 0 Å². The number of nitrogens with one attached hydrogen (secondary N) is 2. The number of aromatic hydroxyl groups is 1. The number of ether oxygens (including phenoxy) is 1. The van der Waals surface area contributed by atoms with Crippen molar-refractivity contribution in [2.45, 2.75) is 30.0 Å². The Morgan fingerprint density at radius 1 is 1.06 bits per heavy atom. The number of rotatable bonds is 6. The second-order valence-corrected chi connectivity index (χ2v) is 12.6. The maximum Gasteiger partial charge on any atom is 0.323 e. The van der Waals surface area contributed by atoms with Gasteiger partial charge < -0.3 is 52.8 Å². The predicted octanol–water partition coefficient (Wildman–Crippen LogP) is 0.624. The number of carbonyl (C=O) groups excluding carboxylic acids is 4. The molecule has 3 aliphatic carbocycles. The molecule has 1 saturated carbocycles. The third-order valence-electron chi connectivity index (χ3n) is 9.30. The Balaban J connectivity index is 1.71. The number of carbonyl (C=O) groups is 4. The Bertz CT molecular complexity index is 1900. The molecular formula is C32H36N8O8. The molecule has 4 atom stereocenters. The zero-order chi connectivity index (χ0) is 35.7. The molecular weight excluding hydrogens is 624 g/mol. The van der Waals surface area contributed by atoms with Gasteiger partial charge in [-0.25, -0.2) is 4.79 Å². The van der Waals surface area contributed by atoms with Crippen molar-refractivity contribution in [3.63, 3.8) is 0 Å². The van der Waals surface area contributed by atoms with Crippen molar-refractivity contribution in [3.8, 4) is 17.6 Å². The third-order valence-corrected chi connectivity index (χ3v) is 9.30. The average Bonchev–Trinajstić information content (AvgIpc) is 2.97. The molecule has 0 radical (unpaired) electrons. The van der Waals surface area contributed by atoms with Crippen molar-refractivity contribution in [1.29, 1.82) is 5.26 Å². The fourth-order valence-corrected chi connectivity index (χ4v) is 7.33. The zero-order valence-corrected chi connectivity index (χ0v) is 26.8. The molecule has 16 heteroatoms. The quantitative estimate of drug-likeness (QED) is 0.156. The molecule has 0 aliphatic heterocycles. The number of urea groups is 1. The van der Waals surface area contributed by atoms with E-state index in [1.807, 2.05) is 0 Å². The van der Waals surface area contributed by atoms with Gasteiger partial charge in [0.2, 0.25) is 0 Å². The van der Waals surface area contributed by atoms with Crippen LogP contribution in [0.15, 0.2) is 47.2 Å². The number of hydrogen-bond donors (Lipinski definition) is 8. The van der Waals surface area contributed by atoms with Crippen LogP contribution in [0, 0.1) is 16.7 Å². The molecule has 11 N–H and O–H groups in total. The van der Waals surface area contributed by atoms with E-state index in [1.165, 1.54) is 32.2 Å². The van der Waals surface area contributed by atoms with E-state index in [-0.39, 0.29) is 23.2 Å². The average molecular weight is 661 g/mol. The minimum Gasteiger partial charge on any atom is -0.509 e. The summed E-state index contributed by atoms with van der Waals surface area (Å²) in [6.07, 6.45) is -0.754. The second kappa shape index (κ2) is 11.3. The van der Waals surface area contributed by atoms with E-state index in [4.69, 9.17) is 21.9 Å². The van der Waals surface area contributed by atoms with Gasteiger partial charge in [0.15, 0.2) is 22.7 Å². The fourth-order valence-electron chi connectivity index (χ4n) is 7.33. The molecule has 16 nitrogen and oxygen atoms in total. The number of ketones is 2. The molecule has 0 bridgehead atoms. The van der Waals surface area contributed by atoms with Crippen LogP contribution >= 0.6 is 0 Å². The number of aliphatic hydroxyl groups excluding tert-OH is 2. The number of nitrogens with two attached hydrogens (primary N) is 3. The SMILES string of the molecule is COc1ccc(NC(=O)Nc2cc(N(C)C)c3c(c2O)C(O)=C2C(=O)[C@]4(C#N)C(O)=C(C(N)=O)C(=O)[C@@H](N(C)C)[C@]4(N)C[C@]2(N)C3)cc1. The number of methoxy groups -OCH3 is 1. The molecule has 48 heavy (non-hydrogen) atoms. The second-order valence-electron chi connectivity index (χ2n) is 12.6. The Labute approximate surface area is 275 Å². The molecule has 1 fully saturated rings. The lowest BCUT2D eigenvalue weighted by Gasteiger charge is -2.58. The Morgan fingerprint density at radius 3 is 2.21 bits per heavy atom. The largest absolute Gasteiger partial charge is 0.509 e. The Morgan fingerprint density at radius 2 is 1.69 bits per heavy atom. The van der Waals surface area contributed by atoms with Gasteiger partial charge in [0.1, 0.15) is 22.8 Å². The first-order valence-corrected chi connectivity index (χ1v) is 14.6. The maximum atomic E-state index is 14.6. The number of phenolic OH excluding ortho intramolecular Hbond substituents is 1. The zero-order valence-electron chi connectivity index (χ0n) is 26.8. The summed E-state index contributed by atoms with van der Waals surface area (Å²) in [6.45, 7) is 0. The first-order chi connectivity index (χ1) is 22.4. The van der Waals surface area contributed by atoms with Crippen molar-refractivity contribution in [2.24, 2.45) is 22.6 Å². The summed E-state index contributed by atoms with van der Waals surface area (Å²) < 4.78 is 5.12. The maximum absolute atomic E-state index is 14.6. The first-order valence-electron chi connectivity index (χ1n) is 14.6. The third kappa shape index (κ3) is 4.54. The smallest absolute Gasteiger partial charge is 0.323 e. The summed E-state index contributed by atoms with van der Waals surface area (Å²) in [7, 11) is 7.71. The fraction of sp³-hybridized carbons (Fsp3) is 0.344. The van der Waals surface area contributed by atoms with Crippen molar-refractivity contribution in [3.05, 3.63) is 58.4 Å². The number of likely N-dealkylation sites (N-methyl/N-ethyl adjacent to an activating group) is 1. The van der Waals surface area contributed by atoms with Crippen LogP contribution in [-0.4, -0.2) is 96.1 Å². The normalized spacial score (nSPS) is 26.3. The molecule has 3 amide bonds. The summed E-state index contributed by atoms with van der Waals surface area (Å²) in [5.74, 6) is -5.81. The highest BCUT2D eigenvalue weighted by Crippen LogP contribution is 2.59. The van der Waals surface area contributed by atoms with E-state index in [9.17, 15) is 39.8 Å². The molecule has 0 saturated heterocycles. The van der Waals surface area contributed by atoms with Gasteiger partial charge >= 0.3 is 6.03 Å². The van der Waals surface area contributed by atoms with Crippen LogP contribution in [0.4, 0.5) is 21.9 Å². The molecule has 0 aromatic heterocycles. The number of hydrogen-bond acceptors (Lipinski definition) is 13. The summed E-state index contributed by atoms with van der Waals surface area (Å²) >= 11 is 0. The molecule has 252 valence electrons. The summed E-state index contributed by atoms with van der Waals surface area (Å²) in [4.78, 5) is 56.5.